The van der Waals surface area contributed by atoms with Crippen molar-refractivity contribution in [2.45, 2.75) is 37.9 Å². The zero-order chi connectivity index (χ0) is 21.4. The summed E-state index contributed by atoms with van der Waals surface area (Å²) in [5, 5.41) is 9.19. The summed E-state index contributed by atoms with van der Waals surface area (Å²) in [7, 11) is 0. The Balaban J connectivity index is 1.74. The van der Waals surface area contributed by atoms with E-state index in [1.165, 1.54) is 0 Å². The van der Waals surface area contributed by atoms with E-state index in [4.69, 9.17) is 9.47 Å². The lowest BCUT2D eigenvalue weighted by molar-refractivity contribution is -0.153. The van der Waals surface area contributed by atoms with Crippen molar-refractivity contribution in [3.8, 4) is 0 Å². The highest BCUT2D eigenvalue weighted by molar-refractivity contribution is 9.10. The molecule has 2 heterocycles. The van der Waals surface area contributed by atoms with E-state index in [0.29, 0.717) is 25.9 Å². The molecule has 160 valence electrons. The Kier molecular flexibility index (Phi) is 7.81. The van der Waals surface area contributed by atoms with E-state index < -0.39 is 18.2 Å². The smallest absolute Gasteiger partial charge is 0.410 e. The zero-order valence-electron chi connectivity index (χ0n) is 16.6. The molecule has 2 aromatic rings. The van der Waals surface area contributed by atoms with Gasteiger partial charge in [0, 0.05) is 35.5 Å². The van der Waals surface area contributed by atoms with Crippen molar-refractivity contribution < 1.29 is 24.2 Å². The number of ether oxygens (including phenoxy) is 2. The van der Waals surface area contributed by atoms with Gasteiger partial charge in [-0.3, -0.25) is 4.98 Å². The van der Waals surface area contributed by atoms with Crippen molar-refractivity contribution in [2.75, 3.05) is 19.7 Å². The average molecular weight is 477 g/mol. The molecule has 1 aromatic carbocycles. The molecule has 0 bridgehead atoms. The number of pyridine rings is 1. The second-order valence-electron chi connectivity index (χ2n) is 7.27. The quantitative estimate of drug-likeness (QED) is 0.666. The van der Waals surface area contributed by atoms with Crippen LogP contribution < -0.4 is 0 Å². The molecule has 1 atom stereocenters. The average Bonchev–Trinajstić information content (AvgIpc) is 2.73. The predicted molar refractivity (Wildman–Crippen MR) is 114 cm³/mol. The van der Waals surface area contributed by atoms with Gasteiger partial charge in [0.1, 0.15) is 13.2 Å². The molecule has 0 saturated carbocycles. The van der Waals surface area contributed by atoms with Gasteiger partial charge in [-0.1, -0.05) is 30.3 Å². The zero-order valence-corrected chi connectivity index (χ0v) is 18.2. The van der Waals surface area contributed by atoms with Crippen molar-refractivity contribution in [3.05, 3.63) is 64.4 Å². The van der Waals surface area contributed by atoms with Crippen LogP contribution in [0.2, 0.25) is 0 Å². The summed E-state index contributed by atoms with van der Waals surface area (Å²) in [4.78, 5) is 29.7. The normalized spacial score (nSPS) is 19.6. The summed E-state index contributed by atoms with van der Waals surface area (Å²) < 4.78 is 12.2. The third-order valence-electron chi connectivity index (χ3n) is 5.24. The van der Waals surface area contributed by atoms with E-state index in [-0.39, 0.29) is 12.7 Å². The van der Waals surface area contributed by atoms with Crippen LogP contribution in [0.1, 0.15) is 36.8 Å². The number of rotatable bonds is 6. The van der Waals surface area contributed by atoms with E-state index in [0.717, 1.165) is 28.4 Å². The van der Waals surface area contributed by atoms with Gasteiger partial charge in [-0.05, 0) is 53.2 Å². The van der Waals surface area contributed by atoms with Crippen molar-refractivity contribution >= 4 is 28.0 Å². The van der Waals surface area contributed by atoms with Crippen LogP contribution in [0.3, 0.4) is 0 Å². The van der Waals surface area contributed by atoms with Crippen LogP contribution in [-0.2, 0) is 26.5 Å². The minimum atomic E-state index is -1.03. The van der Waals surface area contributed by atoms with Crippen molar-refractivity contribution in [3.63, 3.8) is 0 Å². The predicted octanol–water partition coefficient (Wildman–Crippen LogP) is 4.35. The highest BCUT2D eigenvalue weighted by atomic mass is 79.9. The second kappa shape index (κ2) is 10.5. The monoisotopic (exact) mass is 476 g/mol. The van der Waals surface area contributed by atoms with Crippen LogP contribution in [0.25, 0.3) is 0 Å². The van der Waals surface area contributed by atoms with E-state index in [2.05, 4.69) is 20.9 Å². The maximum absolute atomic E-state index is 12.7. The first-order chi connectivity index (χ1) is 14.5. The summed E-state index contributed by atoms with van der Waals surface area (Å²) in [5.74, 6) is -1.03. The molecule has 0 aliphatic carbocycles. The minimum absolute atomic E-state index is 0.215. The molecular formula is C22H25BrN2O5. The van der Waals surface area contributed by atoms with Gasteiger partial charge < -0.3 is 19.5 Å². The number of benzene rings is 1. The Morgan fingerprint density at radius 1 is 1.13 bits per heavy atom. The Morgan fingerprint density at radius 3 is 2.67 bits per heavy atom. The molecule has 1 amide bonds. The molecule has 1 saturated heterocycles. The van der Waals surface area contributed by atoms with E-state index in [1.807, 2.05) is 36.4 Å². The van der Waals surface area contributed by atoms with E-state index in [9.17, 15) is 14.7 Å². The van der Waals surface area contributed by atoms with Gasteiger partial charge in [0.25, 0.3) is 0 Å². The highest BCUT2D eigenvalue weighted by Gasteiger charge is 2.37. The summed E-state index contributed by atoms with van der Waals surface area (Å²) in [6.07, 6.45) is 5.65. The number of carbonyl (C=O) groups is 2. The number of carboxylic acids is 1. The van der Waals surface area contributed by atoms with E-state index in [1.54, 1.807) is 17.3 Å². The van der Waals surface area contributed by atoms with Gasteiger partial charge in [-0.15, -0.1) is 0 Å². The standard InChI is InChI=1S/C22H25BrN2O5/c23-19-14-24-11-8-18(19)22(30-16-20(26)27)9-4-5-12-25(13-10-22)21(28)29-15-17-6-2-1-3-7-17/h1-3,6-8,11,14H,4-5,9-10,12-13,15-16H2,(H,26,27). The Labute approximate surface area is 184 Å². The number of amides is 1. The molecule has 1 aliphatic heterocycles. The second-order valence-corrected chi connectivity index (χ2v) is 8.12. The fourth-order valence-electron chi connectivity index (χ4n) is 3.69. The molecule has 8 heteroatoms. The molecular weight excluding hydrogens is 452 g/mol. The van der Waals surface area contributed by atoms with Crippen molar-refractivity contribution in [2.24, 2.45) is 0 Å². The van der Waals surface area contributed by atoms with Gasteiger partial charge in [0.05, 0.1) is 5.60 Å². The van der Waals surface area contributed by atoms with Crippen molar-refractivity contribution in [1.29, 1.82) is 0 Å². The number of hydrogen-bond acceptors (Lipinski definition) is 5. The Hall–Kier alpha value is -2.45. The topological polar surface area (TPSA) is 89.0 Å². The number of carboxylic acid groups (broad SMARTS) is 1. The number of nitrogens with zero attached hydrogens (tertiary/aromatic N) is 2. The van der Waals surface area contributed by atoms with Gasteiger partial charge in [0.15, 0.2) is 0 Å². The fraction of sp³-hybridized carbons (Fsp3) is 0.409. The van der Waals surface area contributed by atoms with Gasteiger partial charge in [-0.2, -0.15) is 0 Å². The molecule has 30 heavy (non-hydrogen) atoms. The highest BCUT2D eigenvalue weighted by Crippen LogP contribution is 2.40. The lowest BCUT2D eigenvalue weighted by Crippen LogP contribution is -2.42. The van der Waals surface area contributed by atoms with Crippen LogP contribution in [0.5, 0.6) is 0 Å². The molecule has 0 radical (unpaired) electrons. The number of likely N-dealkylation sites (tertiary alicyclic amines) is 1. The molecule has 1 aromatic heterocycles. The maximum atomic E-state index is 12.7. The minimum Gasteiger partial charge on any atom is -0.480 e. The molecule has 7 nitrogen and oxygen atoms in total. The number of carbonyl (C=O) groups excluding carboxylic acids is 1. The fourth-order valence-corrected chi connectivity index (χ4v) is 4.31. The van der Waals surface area contributed by atoms with Crippen molar-refractivity contribution in [1.82, 2.24) is 9.88 Å². The third-order valence-corrected chi connectivity index (χ3v) is 5.87. The lowest BCUT2D eigenvalue weighted by Gasteiger charge is -2.38. The maximum Gasteiger partial charge on any atom is 0.410 e. The summed E-state index contributed by atoms with van der Waals surface area (Å²) >= 11 is 3.52. The summed E-state index contributed by atoms with van der Waals surface area (Å²) in [5.41, 5.74) is 0.953. The van der Waals surface area contributed by atoms with Gasteiger partial charge in [-0.25, -0.2) is 9.59 Å². The van der Waals surface area contributed by atoms with Crippen LogP contribution in [0, 0.1) is 0 Å². The van der Waals surface area contributed by atoms with Gasteiger partial charge in [0.2, 0.25) is 0 Å². The summed E-state index contributed by atoms with van der Waals surface area (Å²) in [6, 6.07) is 11.4. The first-order valence-corrected chi connectivity index (χ1v) is 10.7. The molecule has 1 aliphatic rings. The molecule has 1 unspecified atom stereocenters. The van der Waals surface area contributed by atoms with Crippen LogP contribution in [0.4, 0.5) is 4.79 Å². The number of aromatic nitrogens is 1. The van der Waals surface area contributed by atoms with Crippen LogP contribution in [-0.4, -0.2) is 46.7 Å². The molecule has 3 rings (SSSR count). The van der Waals surface area contributed by atoms with E-state index >= 15 is 0 Å². The number of halogens is 1. The van der Waals surface area contributed by atoms with Gasteiger partial charge >= 0.3 is 12.1 Å². The third kappa shape index (κ3) is 5.79. The molecule has 1 N–H and O–H groups in total. The first kappa shape index (κ1) is 22.2. The first-order valence-electron chi connectivity index (χ1n) is 9.91. The largest absolute Gasteiger partial charge is 0.480 e. The summed E-state index contributed by atoms with van der Waals surface area (Å²) in [6.45, 7) is 0.808. The Morgan fingerprint density at radius 2 is 1.93 bits per heavy atom. The lowest BCUT2D eigenvalue weighted by atomic mass is 9.84. The van der Waals surface area contributed by atoms with Crippen LogP contribution in [0.15, 0.2) is 53.3 Å². The van der Waals surface area contributed by atoms with Crippen LogP contribution >= 0.6 is 15.9 Å². The molecule has 1 fully saturated rings. The Bertz CT molecular complexity index is 864. The number of hydrogen-bond donors (Lipinski definition) is 1. The molecule has 0 spiro atoms. The SMILES string of the molecule is O=C(O)COC1(c2ccncc2Br)CCCCN(C(=O)OCc2ccccc2)CC1. The number of aliphatic carboxylic acids is 1.